The molecular formula is C17H18N2O6. The van der Waals surface area contributed by atoms with Crippen molar-refractivity contribution >= 4 is 23.5 Å². The predicted molar refractivity (Wildman–Crippen MR) is 85.5 cm³/mol. The van der Waals surface area contributed by atoms with Crippen LogP contribution in [0.25, 0.3) is 0 Å². The van der Waals surface area contributed by atoms with Crippen LogP contribution in [0, 0.1) is 22.0 Å². The molecule has 8 nitrogen and oxygen atoms in total. The van der Waals surface area contributed by atoms with Crippen molar-refractivity contribution in [1.82, 2.24) is 4.90 Å². The molecule has 1 aromatic carbocycles. The molecule has 0 spiro atoms. The molecule has 2 atom stereocenters. The Labute approximate surface area is 143 Å². The molecule has 25 heavy (non-hydrogen) atoms. The van der Waals surface area contributed by atoms with Crippen LogP contribution in [0.4, 0.5) is 5.69 Å². The number of nitro groups is 1. The van der Waals surface area contributed by atoms with Gasteiger partial charge in [-0.1, -0.05) is 12.8 Å². The van der Waals surface area contributed by atoms with Crippen molar-refractivity contribution in [3.63, 3.8) is 0 Å². The first-order chi connectivity index (χ1) is 12.0. The lowest BCUT2D eigenvalue weighted by Crippen LogP contribution is -2.33. The first-order valence-corrected chi connectivity index (χ1v) is 8.27. The summed E-state index contributed by atoms with van der Waals surface area (Å²) in [6, 6.07) is 5.13. The van der Waals surface area contributed by atoms with Crippen molar-refractivity contribution in [2.45, 2.75) is 32.1 Å². The number of benzene rings is 1. The third-order valence-electron chi connectivity index (χ3n) is 4.75. The second-order valence-electron chi connectivity index (χ2n) is 6.30. The fraction of sp³-hybridized carbons (Fsp3) is 0.471. The Morgan fingerprint density at radius 3 is 2.20 bits per heavy atom. The van der Waals surface area contributed by atoms with Crippen molar-refractivity contribution in [2.75, 3.05) is 6.54 Å². The summed E-state index contributed by atoms with van der Waals surface area (Å²) in [6.07, 6.45) is 3.28. The molecule has 2 amide bonds. The number of ether oxygens (including phenoxy) is 1. The minimum absolute atomic E-state index is 0.0104. The van der Waals surface area contributed by atoms with Crippen LogP contribution in [0.5, 0.6) is 5.75 Å². The van der Waals surface area contributed by atoms with Gasteiger partial charge in [-0.15, -0.1) is 0 Å². The molecule has 1 aromatic rings. The van der Waals surface area contributed by atoms with Gasteiger partial charge in [-0.05, 0) is 25.0 Å². The lowest BCUT2D eigenvalue weighted by atomic mass is 9.81. The summed E-state index contributed by atoms with van der Waals surface area (Å²) in [5, 5.41) is 10.6. The number of imide groups is 1. The smallest absolute Gasteiger partial charge is 0.312 e. The third-order valence-corrected chi connectivity index (χ3v) is 4.75. The number of non-ortho nitro benzene ring substituents is 1. The number of nitro benzene ring substituents is 1. The van der Waals surface area contributed by atoms with E-state index in [0.717, 1.165) is 25.7 Å². The minimum atomic E-state index is -0.593. The first kappa shape index (κ1) is 17.1. The van der Waals surface area contributed by atoms with Gasteiger partial charge in [0.2, 0.25) is 11.8 Å². The highest BCUT2D eigenvalue weighted by atomic mass is 16.6. The van der Waals surface area contributed by atoms with Gasteiger partial charge in [0, 0.05) is 18.7 Å². The van der Waals surface area contributed by atoms with Crippen molar-refractivity contribution in [2.24, 2.45) is 11.8 Å². The van der Waals surface area contributed by atoms with Gasteiger partial charge in [-0.25, -0.2) is 0 Å². The van der Waals surface area contributed by atoms with E-state index in [1.54, 1.807) is 0 Å². The molecule has 1 heterocycles. The van der Waals surface area contributed by atoms with E-state index in [9.17, 15) is 24.5 Å². The van der Waals surface area contributed by atoms with Gasteiger partial charge in [0.15, 0.2) is 0 Å². The van der Waals surface area contributed by atoms with Crippen LogP contribution in [0.3, 0.4) is 0 Å². The fourth-order valence-electron chi connectivity index (χ4n) is 3.47. The highest BCUT2D eigenvalue weighted by Crippen LogP contribution is 2.38. The average Bonchev–Trinajstić information content (AvgIpc) is 2.85. The zero-order valence-electron chi connectivity index (χ0n) is 13.6. The standard InChI is InChI=1S/C17H18N2O6/c20-15(25-12-7-5-11(6-8-12)19(23)24)9-10-18-16(21)13-3-1-2-4-14(13)17(18)22/h5-8,13-14H,1-4,9-10H2/t13-,14-/m1/s1. The summed E-state index contributed by atoms with van der Waals surface area (Å²) in [4.78, 5) is 47.7. The molecule has 0 bridgehead atoms. The predicted octanol–water partition coefficient (Wildman–Crippen LogP) is 2.07. The number of rotatable bonds is 5. The minimum Gasteiger partial charge on any atom is -0.426 e. The van der Waals surface area contributed by atoms with Crippen molar-refractivity contribution in [1.29, 1.82) is 0 Å². The Morgan fingerprint density at radius 2 is 1.68 bits per heavy atom. The topological polar surface area (TPSA) is 107 Å². The Hall–Kier alpha value is -2.77. The molecule has 0 unspecified atom stereocenters. The van der Waals surface area contributed by atoms with Gasteiger partial charge in [-0.2, -0.15) is 0 Å². The molecule has 0 N–H and O–H groups in total. The van der Waals surface area contributed by atoms with E-state index < -0.39 is 10.9 Å². The zero-order chi connectivity index (χ0) is 18.0. The normalized spacial score (nSPS) is 22.6. The van der Waals surface area contributed by atoms with Crippen molar-refractivity contribution in [3.05, 3.63) is 34.4 Å². The molecule has 1 saturated heterocycles. The molecule has 2 aliphatic rings. The van der Waals surface area contributed by atoms with E-state index in [2.05, 4.69) is 0 Å². The molecule has 2 fully saturated rings. The number of hydrogen-bond acceptors (Lipinski definition) is 6. The van der Waals surface area contributed by atoms with Gasteiger partial charge < -0.3 is 4.74 Å². The number of hydrogen-bond donors (Lipinski definition) is 0. The molecule has 1 aliphatic heterocycles. The Bertz CT molecular complexity index is 690. The lowest BCUT2D eigenvalue weighted by molar-refractivity contribution is -0.384. The maximum Gasteiger partial charge on any atom is 0.312 e. The van der Waals surface area contributed by atoms with E-state index in [4.69, 9.17) is 4.74 Å². The molecule has 3 rings (SSSR count). The van der Waals surface area contributed by atoms with Gasteiger partial charge in [0.25, 0.3) is 5.69 Å². The number of nitrogens with zero attached hydrogens (tertiary/aromatic N) is 2. The van der Waals surface area contributed by atoms with Gasteiger partial charge in [0.05, 0.1) is 23.2 Å². The van der Waals surface area contributed by atoms with Crippen LogP contribution >= 0.6 is 0 Å². The van der Waals surface area contributed by atoms with Crippen LogP contribution in [0.2, 0.25) is 0 Å². The SMILES string of the molecule is O=C(CCN1C(=O)[C@@H]2CCCC[C@H]2C1=O)Oc1ccc([N+](=O)[O-])cc1. The number of fused-ring (bicyclic) bond motifs is 1. The van der Waals surface area contributed by atoms with E-state index in [1.165, 1.54) is 29.2 Å². The molecule has 0 radical (unpaired) electrons. The molecule has 1 saturated carbocycles. The van der Waals surface area contributed by atoms with Crippen LogP contribution in [0.15, 0.2) is 24.3 Å². The van der Waals surface area contributed by atoms with Crippen LogP contribution < -0.4 is 4.74 Å². The lowest BCUT2D eigenvalue weighted by Gasteiger charge is -2.19. The first-order valence-electron chi connectivity index (χ1n) is 8.27. The average molecular weight is 346 g/mol. The highest BCUT2D eigenvalue weighted by Gasteiger charge is 2.47. The van der Waals surface area contributed by atoms with Crippen LogP contribution in [-0.2, 0) is 14.4 Å². The van der Waals surface area contributed by atoms with E-state index in [1.807, 2.05) is 0 Å². The second-order valence-corrected chi connectivity index (χ2v) is 6.30. The van der Waals surface area contributed by atoms with Gasteiger partial charge in [-0.3, -0.25) is 29.4 Å². The van der Waals surface area contributed by atoms with Crippen molar-refractivity contribution in [3.8, 4) is 5.75 Å². The summed E-state index contributed by atoms with van der Waals surface area (Å²) in [5.74, 6) is -1.23. The van der Waals surface area contributed by atoms with Crippen molar-refractivity contribution < 1.29 is 24.0 Å². The monoisotopic (exact) mass is 346 g/mol. The van der Waals surface area contributed by atoms with Crippen LogP contribution in [-0.4, -0.2) is 34.2 Å². The van der Waals surface area contributed by atoms with Gasteiger partial charge >= 0.3 is 5.97 Å². The third kappa shape index (κ3) is 3.52. The molecule has 8 heteroatoms. The van der Waals surface area contributed by atoms with E-state index >= 15 is 0 Å². The zero-order valence-corrected chi connectivity index (χ0v) is 13.6. The number of likely N-dealkylation sites (tertiary alicyclic amines) is 1. The Kier molecular flexibility index (Phi) is 4.78. The molecule has 132 valence electrons. The van der Waals surface area contributed by atoms with Crippen LogP contribution in [0.1, 0.15) is 32.1 Å². The molecule has 0 aromatic heterocycles. The number of esters is 1. The maximum atomic E-state index is 12.3. The number of carbonyl (C=O) groups is 3. The molecule has 1 aliphatic carbocycles. The van der Waals surface area contributed by atoms with Gasteiger partial charge in [0.1, 0.15) is 5.75 Å². The maximum absolute atomic E-state index is 12.3. The summed E-state index contributed by atoms with van der Waals surface area (Å²) in [6.45, 7) is 0.0104. The summed E-state index contributed by atoms with van der Waals surface area (Å²) >= 11 is 0. The van der Waals surface area contributed by atoms with E-state index in [0.29, 0.717) is 0 Å². The second kappa shape index (κ2) is 7.00. The number of amides is 2. The summed E-state index contributed by atoms with van der Waals surface area (Å²) in [7, 11) is 0. The largest absolute Gasteiger partial charge is 0.426 e. The fourth-order valence-corrected chi connectivity index (χ4v) is 3.47. The summed E-state index contributed by atoms with van der Waals surface area (Å²) in [5.41, 5.74) is -0.101. The quantitative estimate of drug-likeness (QED) is 0.266. The Balaban J connectivity index is 1.54. The summed E-state index contributed by atoms with van der Waals surface area (Å²) < 4.78 is 5.09. The Morgan fingerprint density at radius 1 is 1.12 bits per heavy atom. The van der Waals surface area contributed by atoms with E-state index in [-0.39, 0.29) is 48.1 Å². The highest BCUT2D eigenvalue weighted by molar-refractivity contribution is 6.05. The number of carbonyl (C=O) groups excluding carboxylic acids is 3. The molecular weight excluding hydrogens is 328 g/mol.